The van der Waals surface area contributed by atoms with Crippen LogP contribution in [-0.4, -0.2) is 4.98 Å². The summed E-state index contributed by atoms with van der Waals surface area (Å²) in [5, 5.41) is 3.37. The van der Waals surface area contributed by atoms with Crippen LogP contribution in [-0.2, 0) is 13.1 Å². The molecule has 0 aliphatic rings. The smallest absolute Gasteiger partial charge is 0.135 e. The molecule has 1 N–H and O–H groups in total. The van der Waals surface area contributed by atoms with Gasteiger partial charge in [0, 0.05) is 33.4 Å². The van der Waals surface area contributed by atoms with Crippen LogP contribution >= 0.6 is 44.3 Å². The van der Waals surface area contributed by atoms with Gasteiger partial charge in [0.25, 0.3) is 0 Å². The molecule has 3 rings (SSSR count). The van der Waals surface area contributed by atoms with Gasteiger partial charge < -0.3 is 9.73 Å². The van der Waals surface area contributed by atoms with E-state index in [0.717, 1.165) is 32.6 Å². The van der Waals surface area contributed by atoms with E-state index in [9.17, 15) is 0 Å². The zero-order valence-electron chi connectivity index (χ0n) is 12.1. The molecule has 120 valence electrons. The van der Waals surface area contributed by atoms with Crippen molar-refractivity contribution in [2.75, 3.05) is 0 Å². The van der Waals surface area contributed by atoms with Crippen molar-refractivity contribution in [2.24, 2.45) is 0 Å². The van der Waals surface area contributed by atoms with Gasteiger partial charge in [0.15, 0.2) is 0 Å². The Bertz CT molecular complexity index is 762. The fourth-order valence-electron chi connectivity index (χ4n) is 2.14. The van der Waals surface area contributed by atoms with Crippen molar-refractivity contribution >= 4 is 44.3 Å². The third-order valence-corrected chi connectivity index (χ3v) is 4.39. The number of aromatic nitrogens is 1. The summed E-state index contributed by atoms with van der Waals surface area (Å²) in [6.07, 6.45) is 3.60. The molecule has 0 saturated heterocycles. The molecular weight excluding hydrogens is 443 g/mol. The van der Waals surface area contributed by atoms with E-state index in [1.165, 1.54) is 5.56 Å². The average molecular weight is 459 g/mol. The highest BCUT2D eigenvalue weighted by atomic mass is 79.9. The highest BCUT2D eigenvalue weighted by Gasteiger charge is 2.08. The Labute approximate surface area is 158 Å². The van der Waals surface area contributed by atoms with Crippen molar-refractivity contribution in [1.29, 1.82) is 0 Å². The number of hydrogen-bond donors (Lipinski definition) is 1. The summed E-state index contributed by atoms with van der Waals surface area (Å²) in [5.41, 5.74) is 2.25. The Morgan fingerprint density at radius 1 is 0.957 bits per heavy atom. The minimum Gasteiger partial charge on any atom is -0.460 e. The van der Waals surface area contributed by atoms with Crippen LogP contribution in [0.4, 0.5) is 0 Å². The van der Waals surface area contributed by atoms with Gasteiger partial charge in [0.2, 0.25) is 0 Å². The van der Waals surface area contributed by atoms with Gasteiger partial charge in [0.05, 0.1) is 6.54 Å². The molecule has 2 aromatic heterocycles. The first-order valence-corrected chi connectivity index (χ1v) is 8.45. The number of nitrogens with zero attached hydrogens (tertiary/aromatic N) is 1. The van der Waals surface area contributed by atoms with Crippen LogP contribution in [0.25, 0.3) is 11.3 Å². The van der Waals surface area contributed by atoms with Gasteiger partial charge in [0.1, 0.15) is 11.5 Å². The normalized spacial score (nSPS) is 10.3. The molecule has 0 fully saturated rings. The molecular formula is C17H15Br2ClN2O. The number of rotatable bonds is 5. The number of furan rings is 1. The fraction of sp³-hybridized carbons (Fsp3) is 0.118. The van der Waals surface area contributed by atoms with Crippen LogP contribution < -0.4 is 5.32 Å². The standard InChI is InChI=1S/C17H14Br2N2O.ClH/c18-13-1-3-15(16(19)9-13)17-4-2-14(22-17)11-21-10-12-5-7-20-8-6-12;/h1-9,21H,10-11H2;1H. The highest BCUT2D eigenvalue weighted by Crippen LogP contribution is 2.31. The van der Waals surface area contributed by atoms with Crippen LogP contribution in [0.2, 0.25) is 0 Å². The van der Waals surface area contributed by atoms with Gasteiger partial charge >= 0.3 is 0 Å². The third kappa shape index (κ3) is 4.91. The zero-order chi connectivity index (χ0) is 15.4. The SMILES string of the molecule is Brc1ccc(-c2ccc(CNCc3ccncc3)o2)c(Br)c1.Cl. The first kappa shape index (κ1) is 18.2. The summed E-state index contributed by atoms with van der Waals surface area (Å²) >= 11 is 7.02. The van der Waals surface area contributed by atoms with Crippen molar-refractivity contribution in [1.82, 2.24) is 10.3 Å². The lowest BCUT2D eigenvalue weighted by Gasteiger charge is -2.03. The van der Waals surface area contributed by atoms with E-state index in [1.54, 1.807) is 12.4 Å². The Morgan fingerprint density at radius 3 is 2.48 bits per heavy atom. The fourth-order valence-corrected chi connectivity index (χ4v) is 3.38. The second kappa shape index (κ2) is 8.64. The van der Waals surface area contributed by atoms with Crippen LogP contribution in [0.3, 0.4) is 0 Å². The first-order chi connectivity index (χ1) is 10.7. The van der Waals surface area contributed by atoms with Crippen molar-refractivity contribution < 1.29 is 4.42 Å². The predicted octanol–water partition coefficient (Wildman–Crippen LogP) is 5.58. The van der Waals surface area contributed by atoms with Gasteiger partial charge in [-0.1, -0.05) is 15.9 Å². The van der Waals surface area contributed by atoms with Gasteiger partial charge in [-0.2, -0.15) is 0 Å². The molecule has 2 heterocycles. The van der Waals surface area contributed by atoms with E-state index in [4.69, 9.17) is 4.42 Å². The van der Waals surface area contributed by atoms with Crippen LogP contribution in [0.15, 0.2) is 68.2 Å². The zero-order valence-corrected chi connectivity index (χ0v) is 16.1. The van der Waals surface area contributed by atoms with Gasteiger partial charge in [-0.3, -0.25) is 4.98 Å². The number of hydrogen-bond acceptors (Lipinski definition) is 3. The Kier molecular flexibility index (Phi) is 6.84. The molecule has 0 amide bonds. The summed E-state index contributed by atoms with van der Waals surface area (Å²) in [5.74, 6) is 1.78. The maximum atomic E-state index is 5.91. The van der Waals surface area contributed by atoms with E-state index in [-0.39, 0.29) is 12.4 Å². The van der Waals surface area contributed by atoms with Gasteiger partial charge in [-0.15, -0.1) is 12.4 Å². The highest BCUT2D eigenvalue weighted by molar-refractivity contribution is 9.11. The Morgan fingerprint density at radius 2 is 1.74 bits per heavy atom. The molecule has 1 aromatic carbocycles. The largest absolute Gasteiger partial charge is 0.460 e. The molecule has 6 heteroatoms. The number of nitrogens with one attached hydrogen (secondary N) is 1. The minimum atomic E-state index is 0. The average Bonchev–Trinajstić information content (AvgIpc) is 2.97. The molecule has 0 unspecified atom stereocenters. The molecule has 0 aliphatic heterocycles. The lowest BCUT2D eigenvalue weighted by atomic mass is 10.2. The molecule has 0 spiro atoms. The van der Waals surface area contributed by atoms with Crippen LogP contribution in [0.1, 0.15) is 11.3 Å². The lowest BCUT2D eigenvalue weighted by molar-refractivity contribution is 0.493. The quantitative estimate of drug-likeness (QED) is 0.543. The number of pyridine rings is 1. The monoisotopic (exact) mass is 456 g/mol. The first-order valence-electron chi connectivity index (χ1n) is 6.86. The second-order valence-corrected chi connectivity index (χ2v) is 6.62. The van der Waals surface area contributed by atoms with Crippen molar-refractivity contribution in [3.8, 4) is 11.3 Å². The summed E-state index contributed by atoms with van der Waals surface area (Å²) in [6, 6.07) is 14.0. The molecule has 3 nitrogen and oxygen atoms in total. The number of benzene rings is 1. The maximum absolute atomic E-state index is 5.91. The second-order valence-electron chi connectivity index (χ2n) is 4.85. The molecule has 3 aromatic rings. The topological polar surface area (TPSA) is 38.1 Å². The third-order valence-electron chi connectivity index (χ3n) is 3.24. The summed E-state index contributed by atoms with van der Waals surface area (Å²) < 4.78 is 7.95. The number of halogens is 3. The van der Waals surface area contributed by atoms with E-state index in [0.29, 0.717) is 6.54 Å². The Balaban J connectivity index is 0.00000192. The molecule has 0 bridgehead atoms. The maximum Gasteiger partial charge on any atom is 0.135 e. The van der Waals surface area contributed by atoms with Crippen molar-refractivity contribution in [3.63, 3.8) is 0 Å². The summed E-state index contributed by atoms with van der Waals surface area (Å²) in [6.45, 7) is 1.48. The molecule has 0 radical (unpaired) electrons. The minimum absolute atomic E-state index is 0. The summed E-state index contributed by atoms with van der Waals surface area (Å²) in [7, 11) is 0. The van der Waals surface area contributed by atoms with Gasteiger partial charge in [-0.25, -0.2) is 0 Å². The predicted molar refractivity (Wildman–Crippen MR) is 102 cm³/mol. The van der Waals surface area contributed by atoms with Crippen LogP contribution in [0, 0.1) is 0 Å². The molecule has 0 aliphatic carbocycles. The molecule has 0 saturated carbocycles. The van der Waals surface area contributed by atoms with Gasteiger partial charge in [-0.05, 0) is 64.0 Å². The Hall–Kier alpha value is -1.14. The molecule has 23 heavy (non-hydrogen) atoms. The van der Waals surface area contributed by atoms with E-state index in [2.05, 4.69) is 42.2 Å². The van der Waals surface area contributed by atoms with E-state index in [1.807, 2.05) is 42.5 Å². The molecule has 0 atom stereocenters. The van der Waals surface area contributed by atoms with E-state index >= 15 is 0 Å². The van der Waals surface area contributed by atoms with Crippen LogP contribution in [0.5, 0.6) is 0 Å². The van der Waals surface area contributed by atoms with Crippen molar-refractivity contribution in [3.05, 3.63) is 75.1 Å². The van der Waals surface area contributed by atoms with Crippen molar-refractivity contribution in [2.45, 2.75) is 13.1 Å². The van der Waals surface area contributed by atoms with E-state index < -0.39 is 0 Å². The lowest BCUT2D eigenvalue weighted by Crippen LogP contribution is -2.11. The summed E-state index contributed by atoms with van der Waals surface area (Å²) in [4.78, 5) is 4.01.